The Labute approximate surface area is 159 Å². The van der Waals surface area contributed by atoms with E-state index in [1.165, 1.54) is 31.0 Å². The Kier molecular flexibility index (Phi) is 5.74. The van der Waals surface area contributed by atoms with Gasteiger partial charge in [0.15, 0.2) is 5.17 Å². The molecule has 0 spiro atoms. The molecule has 0 aliphatic carbocycles. The van der Waals surface area contributed by atoms with Crippen molar-refractivity contribution in [3.63, 3.8) is 0 Å². The first-order chi connectivity index (χ1) is 12.9. The summed E-state index contributed by atoms with van der Waals surface area (Å²) in [4.78, 5) is 18.7. The largest absolute Gasteiger partial charge is 0.497 e. The lowest BCUT2D eigenvalue weighted by Gasteiger charge is -2.18. The van der Waals surface area contributed by atoms with Gasteiger partial charge in [-0.15, -0.1) is 0 Å². The Balaban J connectivity index is 1.65. The van der Waals surface area contributed by atoms with Gasteiger partial charge < -0.3 is 4.74 Å². The number of halogens is 3. The molecule has 1 heterocycles. The molecular weight excluding hydrogens is 377 g/mol. The van der Waals surface area contributed by atoms with Gasteiger partial charge in [0.25, 0.3) is 5.91 Å². The maximum absolute atomic E-state index is 12.7. The van der Waals surface area contributed by atoms with Crippen LogP contribution in [0.25, 0.3) is 0 Å². The lowest BCUT2D eigenvalue weighted by molar-refractivity contribution is -0.137. The fraction of sp³-hybridized carbons (Fsp3) is 0.263. The van der Waals surface area contributed by atoms with Crippen molar-refractivity contribution in [3.8, 4) is 5.75 Å². The number of methoxy groups -OCH3 is 1. The molecule has 0 unspecified atom stereocenters. The summed E-state index contributed by atoms with van der Waals surface area (Å²) in [5.74, 6) is 0.847. The molecule has 3 rings (SSSR count). The number of aliphatic imine (C=N–C) groups is 1. The van der Waals surface area contributed by atoms with E-state index in [4.69, 9.17) is 4.74 Å². The summed E-state index contributed by atoms with van der Waals surface area (Å²) >= 11 is 1.33. The van der Waals surface area contributed by atoms with Crippen LogP contribution in [0.3, 0.4) is 0 Å². The first kappa shape index (κ1) is 19.3. The highest BCUT2D eigenvalue weighted by molar-refractivity contribution is 8.13. The number of rotatable bonds is 4. The van der Waals surface area contributed by atoms with Crippen molar-refractivity contribution in [2.75, 3.05) is 20.2 Å². The number of nitrogens with zero attached hydrogens (tertiary/aromatic N) is 2. The Morgan fingerprint density at radius 1 is 1.22 bits per heavy atom. The third-order valence-corrected chi connectivity index (χ3v) is 5.10. The summed E-state index contributed by atoms with van der Waals surface area (Å²) in [5.41, 5.74) is 0.555. The number of amides is 1. The zero-order valence-electron chi connectivity index (χ0n) is 14.5. The van der Waals surface area contributed by atoms with E-state index in [2.05, 4.69) is 4.99 Å². The maximum atomic E-state index is 12.7. The highest BCUT2D eigenvalue weighted by atomic mass is 32.2. The van der Waals surface area contributed by atoms with E-state index in [-0.39, 0.29) is 5.91 Å². The summed E-state index contributed by atoms with van der Waals surface area (Å²) in [6.45, 7) is 0.983. The summed E-state index contributed by atoms with van der Waals surface area (Å²) in [5, 5.41) is 0.572. The molecule has 0 bridgehead atoms. The molecule has 0 fully saturated rings. The molecule has 142 valence electrons. The molecule has 2 aromatic carbocycles. The fourth-order valence-corrected chi connectivity index (χ4v) is 3.59. The van der Waals surface area contributed by atoms with Crippen LogP contribution in [0.15, 0.2) is 53.5 Å². The smallest absolute Gasteiger partial charge is 0.416 e. The standard InChI is InChI=1S/C19H17F3N2O2S/c1-26-16-4-2-3-14(11-16)17(25)24-10-9-23-18(24)27-12-13-5-7-15(8-6-13)19(20,21)22/h2-8,11H,9-10,12H2,1H3. The minimum atomic E-state index is -4.35. The third-order valence-electron chi connectivity index (χ3n) is 4.01. The molecule has 4 nitrogen and oxygen atoms in total. The summed E-state index contributed by atoms with van der Waals surface area (Å²) in [6.07, 6.45) is -4.35. The van der Waals surface area contributed by atoms with Crippen molar-refractivity contribution in [1.29, 1.82) is 0 Å². The van der Waals surface area contributed by atoms with Crippen LogP contribution < -0.4 is 4.74 Å². The van der Waals surface area contributed by atoms with E-state index in [1.54, 1.807) is 29.2 Å². The van der Waals surface area contributed by atoms with Gasteiger partial charge in [-0.3, -0.25) is 14.7 Å². The summed E-state index contributed by atoms with van der Waals surface area (Å²) < 4.78 is 43.0. The lowest BCUT2D eigenvalue weighted by atomic mass is 10.1. The van der Waals surface area contributed by atoms with Crippen LogP contribution >= 0.6 is 11.8 Å². The van der Waals surface area contributed by atoms with Crippen LogP contribution in [0, 0.1) is 0 Å². The Morgan fingerprint density at radius 2 is 1.96 bits per heavy atom. The van der Waals surface area contributed by atoms with Gasteiger partial charge in [-0.1, -0.05) is 30.0 Å². The van der Waals surface area contributed by atoms with Gasteiger partial charge in [0.2, 0.25) is 0 Å². The third kappa shape index (κ3) is 4.63. The Bertz CT molecular complexity index is 851. The van der Waals surface area contributed by atoms with Crippen molar-refractivity contribution in [2.45, 2.75) is 11.9 Å². The highest BCUT2D eigenvalue weighted by Crippen LogP contribution is 2.30. The number of alkyl halides is 3. The average molecular weight is 394 g/mol. The fourth-order valence-electron chi connectivity index (χ4n) is 2.59. The Morgan fingerprint density at radius 3 is 2.63 bits per heavy atom. The second kappa shape index (κ2) is 8.04. The van der Waals surface area contributed by atoms with E-state index in [9.17, 15) is 18.0 Å². The van der Waals surface area contributed by atoms with Gasteiger partial charge in [-0.2, -0.15) is 13.2 Å². The minimum absolute atomic E-state index is 0.176. The minimum Gasteiger partial charge on any atom is -0.497 e. The van der Waals surface area contributed by atoms with Crippen LogP contribution in [0.5, 0.6) is 5.75 Å². The number of thioether (sulfide) groups is 1. The van der Waals surface area contributed by atoms with Gasteiger partial charge in [-0.05, 0) is 35.9 Å². The second-order valence-electron chi connectivity index (χ2n) is 5.84. The first-order valence-corrected chi connectivity index (χ1v) is 9.16. The monoisotopic (exact) mass is 394 g/mol. The first-order valence-electron chi connectivity index (χ1n) is 8.18. The van der Waals surface area contributed by atoms with E-state index in [0.29, 0.717) is 35.3 Å². The summed E-state index contributed by atoms with van der Waals surface area (Å²) in [7, 11) is 1.53. The van der Waals surface area contributed by atoms with E-state index in [1.807, 2.05) is 0 Å². The molecule has 2 aromatic rings. The molecular formula is C19H17F3N2O2S. The molecule has 1 aliphatic rings. The van der Waals surface area contributed by atoms with Crippen molar-refractivity contribution in [1.82, 2.24) is 4.90 Å². The molecule has 0 radical (unpaired) electrons. The maximum Gasteiger partial charge on any atom is 0.416 e. The van der Waals surface area contributed by atoms with Gasteiger partial charge in [0.1, 0.15) is 5.75 Å². The predicted molar refractivity (Wildman–Crippen MR) is 99.1 cm³/mol. The van der Waals surface area contributed by atoms with Crippen LogP contribution in [-0.2, 0) is 11.9 Å². The van der Waals surface area contributed by atoms with Crippen molar-refractivity contribution in [3.05, 3.63) is 65.2 Å². The SMILES string of the molecule is COc1cccc(C(=O)N2CCN=C2SCc2ccc(C(F)(F)F)cc2)c1. The number of carbonyl (C=O) groups is 1. The number of amidine groups is 1. The number of ether oxygens (including phenoxy) is 1. The molecule has 0 saturated heterocycles. The van der Waals surface area contributed by atoms with Crippen LogP contribution in [0.2, 0.25) is 0 Å². The zero-order valence-corrected chi connectivity index (χ0v) is 15.3. The number of hydrogen-bond acceptors (Lipinski definition) is 4. The molecule has 1 amide bonds. The molecule has 0 aromatic heterocycles. The molecule has 0 atom stereocenters. The topological polar surface area (TPSA) is 41.9 Å². The Hall–Kier alpha value is -2.48. The molecule has 27 heavy (non-hydrogen) atoms. The van der Waals surface area contributed by atoms with Crippen LogP contribution in [0.1, 0.15) is 21.5 Å². The molecule has 8 heteroatoms. The van der Waals surface area contributed by atoms with Crippen molar-refractivity contribution in [2.24, 2.45) is 4.99 Å². The van der Waals surface area contributed by atoms with Gasteiger partial charge in [0, 0.05) is 17.9 Å². The zero-order chi connectivity index (χ0) is 19.4. The number of hydrogen-bond donors (Lipinski definition) is 0. The van der Waals surface area contributed by atoms with Gasteiger partial charge in [0.05, 0.1) is 19.2 Å². The lowest BCUT2D eigenvalue weighted by Crippen LogP contribution is -2.32. The van der Waals surface area contributed by atoms with Gasteiger partial charge >= 0.3 is 6.18 Å². The van der Waals surface area contributed by atoms with Crippen molar-refractivity contribution >= 4 is 22.8 Å². The van der Waals surface area contributed by atoms with Gasteiger partial charge in [-0.25, -0.2) is 0 Å². The molecule has 0 N–H and O–H groups in total. The van der Waals surface area contributed by atoms with Crippen molar-refractivity contribution < 1.29 is 22.7 Å². The van der Waals surface area contributed by atoms with Crippen LogP contribution in [-0.4, -0.2) is 36.2 Å². The van der Waals surface area contributed by atoms with E-state index >= 15 is 0 Å². The predicted octanol–water partition coefficient (Wildman–Crippen LogP) is 4.46. The van der Waals surface area contributed by atoms with Crippen LogP contribution in [0.4, 0.5) is 13.2 Å². The normalized spacial score (nSPS) is 14.2. The summed E-state index contributed by atoms with van der Waals surface area (Å²) in [6, 6.07) is 11.9. The highest BCUT2D eigenvalue weighted by Gasteiger charge is 2.30. The van der Waals surface area contributed by atoms with E-state index in [0.717, 1.165) is 17.7 Å². The molecule has 1 aliphatic heterocycles. The second-order valence-corrected chi connectivity index (χ2v) is 6.78. The van der Waals surface area contributed by atoms with E-state index < -0.39 is 11.7 Å². The quantitative estimate of drug-likeness (QED) is 0.769. The number of carbonyl (C=O) groups excluding carboxylic acids is 1. The average Bonchev–Trinajstić information content (AvgIpc) is 3.14. The molecule has 0 saturated carbocycles. The number of benzene rings is 2.